The topological polar surface area (TPSA) is 50.1 Å². The molecule has 1 saturated carbocycles. The van der Waals surface area contributed by atoms with Crippen LogP contribution in [0.3, 0.4) is 0 Å². The van der Waals surface area contributed by atoms with Crippen LogP contribution < -0.4 is 0 Å². The van der Waals surface area contributed by atoms with Crippen LogP contribution in [0.5, 0.6) is 0 Å². The number of hydrogen-bond donors (Lipinski definition) is 0. The minimum Gasteiger partial charge on any atom is -0.466 e. The molecule has 0 aromatic rings. The molecule has 3 heteroatoms. The van der Waals surface area contributed by atoms with Crippen LogP contribution in [0.1, 0.15) is 13.3 Å². The summed E-state index contributed by atoms with van der Waals surface area (Å²) in [5.74, 6) is -0.0574. The van der Waals surface area contributed by atoms with Crippen LogP contribution in [0.15, 0.2) is 12.2 Å². The predicted octanol–water partition coefficient (Wildman–Crippen LogP) is 1.51. The molecule has 1 fully saturated rings. The molecule has 0 aromatic carbocycles. The number of carbonyl (C=O) groups is 1. The van der Waals surface area contributed by atoms with Gasteiger partial charge in [-0.1, -0.05) is 12.2 Å². The van der Waals surface area contributed by atoms with E-state index in [2.05, 4.69) is 18.2 Å². The van der Waals surface area contributed by atoms with Crippen molar-refractivity contribution in [2.24, 2.45) is 23.7 Å². The highest BCUT2D eigenvalue weighted by molar-refractivity contribution is 5.75. The summed E-state index contributed by atoms with van der Waals surface area (Å²) in [6.45, 7) is 2.19. The van der Waals surface area contributed by atoms with Gasteiger partial charge in [-0.05, 0) is 25.2 Å². The van der Waals surface area contributed by atoms with Gasteiger partial charge in [0.25, 0.3) is 0 Å². The van der Waals surface area contributed by atoms with Crippen LogP contribution in [0.2, 0.25) is 0 Å². The summed E-state index contributed by atoms with van der Waals surface area (Å²) in [5, 5.41) is 8.98. The van der Waals surface area contributed by atoms with Gasteiger partial charge in [0.05, 0.1) is 24.5 Å². The third-order valence-corrected chi connectivity index (χ3v) is 3.17. The van der Waals surface area contributed by atoms with E-state index in [4.69, 9.17) is 10.00 Å². The average Bonchev–Trinajstić information content (AvgIpc) is 2.76. The maximum Gasteiger partial charge on any atom is 0.310 e. The Kier molecular flexibility index (Phi) is 2.28. The zero-order valence-corrected chi connectivity index (χ0v) is 8.14. The van der Waals surface area contributed by atoms with E-state index in [0.717, 1.165) is 6.42 Å². The van der Waals surface area contributed by atoms with E-state index in [0.29, 0.717) is 6.61 Å². The van der Waals surface area contributed by atoms with E-state index in [9.17, 15) is 4.79 Å². The van der Waals surface area contributed by atoms with Crippen molar-refractivity contribution in [3.8, 4) is 6.07 Å². The molecule has 0 amide bonds. The summed E-state index contributed by atoms with van der Waals surface area (Å²) in [6, 6.07) is 2.23. The summed E-state index contributed by atoms with van der Waals surface area (Å²) in [6.07, 6.45) is 5.07. The third-order valence-electron chi connectivity index (χ3n) is 3.17. The first-order chi connectivity index (χ1) is 6.77. The first-order valence-electron chi connectivity index (χ1n) is 5.02. The molecule has 0 radical (unpaired) electrons. The molecule has 2 rings (SSSR count). The highest BCUT2D eigenvalue weighted by atomic mass is 16.5. The summed E-state index contributed by atoms with van der Waals surface area (Å²) < 4.78 is 4.99. The molecule has 0 N–H and O–H groups in total. The van der Waals surface area contributed by atoms with E-state index in [1.165, 1.54) is 0 Å². The Hall–Kier alpha value is -1.30. The fraction of sp³-hybridized carbons (Fsp3) is 0.636. The minimum absolute atomic E-state index is 0.163. The minimum atomic E-state index is -0.213. The van der Waals surface area contributed by atoms with Gasteiger partial charge in [0.15, 0.2) is 0 Å². The number of nitriles is 1. The molecule has 0 heterocycles. The van der Waals surface area contributed by atoms with Crippen molar-refractivity contribution < 1.29 is 9.53 Å². The lowest BCUT2D eigenvalue weighted by atomic mass is 9.84. The van der Waals surface area contributed by atoms with Crippen molar-refractivity contribution in [2.45, 2.75) is 13.3 Å². The molecule has 3 nitrogen and oxygen atoms in total. The van der Waals surface area contributed by atoms with Crippen LogP contribution in [-0.4, -0.2) is 12.6 Å². The highest BCUT2D eigenvalue weighted by Gasteiger charge is 2.49. The highest BCUT2D eigenvalue weighted by Crippen LogP contribution is 2.48. The van der Waals surface area contributed by atoms with E-state index < -0.39 is 0 Å². The fourth-order valence-corrected chi connectivity index (χ4v) is 2.56. The molecule has 14 heavy (non-hydrogen) atoms. The molecule has 0 aliphatic heterocycles. The Balaban J connectivity index is 2.15. The van der Waals surface area contributed by atoms with E-state index in [1.807, 2.05) is 0 Å². The molecule has 2 aliphatic carbocycles. The number of hydrogen-bond acceptors (Lipinski definition) is 3. The monoisotopic (exact) mass is 191 g/mol. The van der Waals surface area contributed by atoms with Crippen molar-refractivity contribution in [3.63, 3.8) is 0 Å². The molecule has 4 atom stereocenters. The van der Waals surface area contributed by atoms with E-state index >= 15 is 0 Å². The lowest BCUT2D eigenvalue weighted by Crippen LogP contribution is -2.28. The van der Waals surface area contributed by atoms with Gasteiger partial charge in [-0.3, -0.25) is 4.79 Å². The molecule has 2 aliphatic rings. The Labute approximate surface area is 83.4 Å². The molecule has 74 valence electrons. The van der Waals surface area contributed by atoms with Gasteiger partial charge in [-0.2, -0.15) is 5.26 Å². The molecular formula is C11H13NO2. The van der Waals surface area contributed by atoms with Gasteiger partial charge in [-0.25, -0.2) is 0 Å². The van der Waals surface area contributed by atoms with Crippen LogP contribution in [0.4, 0.5) is 0 Å². The first kappa shape index (κ1) is 9.26. The molecular weight excluding hydrogens is 178 g/mol. The predicted molar refractivity (Wildman–Crippen MR) is 50.0 cm³/mol. The second-order valence-corrected chi connectivity index (χ2v) is 3.88. The zero-order valence-electron chi connectivity index (χ0n) is 8.14. The van der Waals surface area contributed by atoms with Crippen LogP contribution in [-0.2, 0) is 9.53 Å². The summed E-state index contributed by atoms with van der Waals surface area (Å²) in [4.78, 5) is 11.6. The molecule has 0 spiro atoms. The lowest BCUT2D eigenvalue weighted by molar-refractivity contribution is -0.149. The van der Waals surface area contributed by atoms with E-state index in [-0.39, 0.29) is 29.6 Å². The number of allylic oxidation sites excluding steroid dienone is 2. The number of rotatable bonds is 2. The Morgan fingerprint density at radius 3 is 2.93 bits per heavy atom. The van der Waals surface area contributed by atoms with Crippen LogP contribution >= 0.6 is 0 Å². The number of ether oxygens (including phenoxy) is 1. The largest absolute Gasteiger partial charge is 0.466 e. The van der Waals surface area contributed by atoms with Gasteiger partial charge in [-0.15, -0.1) is 0 Å². The molecule has 2 bridgehead atoms. The van der Waals surface area contributed by atoms with Crippen molar-refractivity contribution in [1.29, 1.82) is 5.26 Å². The van der Waals surface area contributed by atoms with Gasteiger partial charge in [0.2, 0.25) is 0 Å². The van der Waals surface area contributed by atoms with E-state index in [1.54, 1.807) is 6.92 Å². The Bertz CT molecular complexity index is 316. The standard InChI is InChI=1S/C11H13NO2/c1-2-14-11(13)10-8-4-3-7(5-8)9(10)6-12/h3-4,7-10H,2,5H2,1H3. The van der Waals surface area contributed by atoms with Gasteiger partial charge in [0, 0.05) is 0 Å². The molecule has 4 unspecified atom stereocenters. The summed E-state index contributed by atoms with van der Waals surface area (Å²) in [7, 11) is 0. The molecule has 0 aromatic heterocycles. The average molecular weight is 191 g/mol. The van der Waals surface area contributed by atoms with Gasteiger partial charge >= 0.3 is 5.97 Å². The second kappa shape index (κ2) is 3.45. The number of esters is 1. The maximum atomic E-state index is 11.6. The number of carbonyl (C=O) groups excluding carboxylic acids is 1. The normalized spacial score (nSPS) is 38.3. The van der Waals surface area contributed by atoms with Crippen LogP contribution in [0, 0.1) is 35.0 Å². The summed E-state index contributed by atoms with van der Waals surface area (Å²) >= 11 is 0. The van der Waals surface area contributed by atoms with Crippen molar-refractivity contribution >= 4 is 5.97 Å². The Morgan fingerprint density at radius 1 is 1.57 bits per heavy atom. The van der Waals surface area contributed by atoms with Crippen molar-refractivity contribution in [3.05, 3.63) is 12.2 Å². The van der Waals surface area contributed by atoms with Gasteiger partial charge < -0.3 is 4.74 Å². The van der Waals surface area contributed by atoms with Crippen molar-refractivity contribution in [1.82, 2.24) is 0 Å². The molecule has 0 saturated heterocycles. The lowest BCUT2D eigenvalue weighted by Gasteiger charge is -2.20. The number of fused-ring (bicyclic) bond motifs is 2. The maximum absolute atomic E-state index is 11.6. The van der Waals surface area contributed by atoms with Crippen molar-refractivity contribution in [2.75, 3.05) is 6.61 Å². The van der Waals surface area contributed by atoms with Gasteiger partial charge in [0.1, 0.15) is 0 Å². The second-order valence-electron chi connectivity index (χ2n) is 3.88. The SMILES string of the molecule is CCOC(=O)C1C2C=CC(C2)C1C#N. The Morgan fingerprint density at radius 2 is 2.29 bits per heavy atom. The smallest absolute Gasteiger partial charge is 0.310 e. The fourth-order valence-electron chi connectivity index (χ4n) is 2.56. The zero-order chi connectivity index (χ0) is 10.1. The number of nitrogens with zero attached hydrogens (tertiary/aromatic N) is 1. The quantitative estimate of drug-likeness (QED) is 0.491. The van der Waals surface area contributed by atoms with Crippen LogP contribution in [0.25, 0.3) is 0 Å². The first-order valence-corrected chi connectivity index (χ1v) is 5.02. The third kappa shape index (κ3) is 1.22. The summed E-state index contributed by atoms with van der Waals surface area (Å²) in [5.41, 5.74) is 0.